The van der Waals surface area contributed by atoms with E-state index in [4.69, 9.17) is 114 Å². The molecule has 0 fully saturated rings. The molecule has 0 radical (unpaired) electrons. The van der Waals surface area contributed by atoms with E-state index in [1.165, 1.54) is 0 Å². The van der Waals surface area contributed by atoms with E-state index in [2.05, 4.69) is 5.32 Å². The van der Waals surface area contributed by atoms with Crippen LogP contribution in [0.4, 0.5) is 0 Å². The summed E-state index contributed by atoms with van der Waals surface area (Å²) in [6.07, 6.45) is 2.81. The van der Waals surface area contributed by atoms with Crippen molar-refractivity contribution in [3.63, 3.8) is 0 Å². The first-order chi connectivity index (χ1) is 43.5. The van der Waals surface area contributed by atoms with Gasteiger partial charge < -0.3 is 124 Å². The molecule has 0 rings (SSSR count). The second kappa shape index (κ2) is 77.1. The van der Waals surface area contributed by atoms with Crippen LogP contribution in [0.2, 0.25) is 0 Å². The second-order valence-electron chi connectivity index (χ2n) is 18.6. The van der Waals surface area contributed by atoms with Gasteiger partial charge in [-0.2, -0.15) is 0 Å². The highest BCUT2D eigenvalue weighted by Gasteiger charge is 2.19. The number of carbonyl (C=O) groups is 3. The first-order valence-electron chi connectivity index (χ1n) is 31.2. The number of carboxylic acid groups (broad SMARTS) is 1. The van der Waals surface area contributed by atoms with Crippen molar-refractivity contribution in [1.29, 1.82) is 0 Å². The Morgan fingerprint density at radius 3 is 0.648 bits per heavy atom. The number of unbranched alkanes of at least 4 members (excludes halogenated alkanes) is 2. The van der Waals surface area contributed by atoms with Crippen molar-refractivity contribution < 1.29 is 133 Å². The first-order valence-corrected chi connectivity index (χ1v) is 31.2. The van der Waals surface area contributed by atoms with Crippen molar-refractivity contribution in [3.8, 4) is 0 Å². The molecule has 1 amide bonds. The molecule has 0 aromatic heterocycles. The van der Waals surface area contributed by atoms with Gasteiger partial charge in [0.25, 0.3) is 0 Å². The Labute approximate surface area is 523 Å². The van der Waals surface area contributed by atoms with E-state index < -0.39 is 17.9 Å². The van der Waals surface area contributed by atoms with E-state index in [0.29, 0.717) is 323 Å². The lowest BCUT2D eigenvalue weighted by Gasteiger charge is -2.14. The van der Waals surface area contributed by atoms with Crippen LogP contribution in [0.15, 0.2) is 0 Å². The number of rotatable bonds is 80. The molecule has 0 aromatic carbocycles. The minimum Gasteiger partial charge on any atom is -0.480 e. The summed E-state index contributed by atoms with van der Waals surface area (Å²) >= 11 is 0. The summed E-state index contributed by atoms with van der Waals surface area (Å²) in [5, 5.41) is 12.2. The van der Waals surface area contributed by atoms with E-state index in [1.807, 2.05) is 0 Å². The van der Waals surface area contributed by atoms with E-state index in [9.17, 15) is 19.5 Å². The van der Waals surface area contributed by atoms with Gasteiger partial charge in [-0.3, -0.25) is 9.59 Å². The second-order valence-corrected chi connectivity index (χ2v) is 18.6. The zero-order chi connectivity index (χ0) is 63.5. The van der Waals surface area contributed by atoms with Crippen LogP contribution >= 0.6 is 0 Å². The van der Waals surface area contributed by atoms with Crippen LogP contribution in [0.5, 0.6) is 0 Å². The number of aliphatic carboxylic acids is 1. The molecule has 524 valence electrons. The van der Waals surface area contributed by atoms with Crippen molar-refractivity contribution >= 4 is 17.7 Å². The average molecular weight is 1290 g/mol. The van der Waals surface area contributed by atoms with Gasteiger partial charge in [-0.05, 0) is 12.8 Å². The van der Waals surface area contributed by atoms with Crippen LogP contribution in [0, 0.1) is 0 Å². The number of hydrogen-bond donors (Lipinski definition) is 2. The molecule has 0 heterocycles. The lowest BCUT2D eigenvalue weighted by atomic mass is 10.0. The number of carboxylic acids is 1. The van der Waals surface area contributed by atoms with Crippen molar-refractivity contribution in [1.82, 2.24) is 5.32 Å². The third-order valence-corrected chi connectivity index (χ3v) is 11.4. The van der Waals surface area contributed by atoms with Gasteiger partial charge in [0.15, 0.2) is 0 Å². The fourth-order valence-electron chi connectivity index (χ4n) is 6.73. The smallest absolute Gasteiger partial charge is 0.326 e. The van der Waals surface area contributed by atoms with Gasteiger partial charge in [-0.15, -0.1) is 0 Å². The number of hydrogen-bond acceptors (Lipinski definition) is 27. The van der Waals surface area contributed by atoms with Crippen LogP contribution in [0.3, 0.4) is 0 Å². The van der Waals surface area contributed by atoms with Gasteiger partial charge >= 0.3 is 5.97 Å². The number of Topliss-reactive ketones (excluding diaryl/α,β-unsaturated/α-hetero) is 1. The van der Waals surface area contributed by atoms with Crippen molar-refractivity contribution in [3.05, 3.63) is 0 Å². The SMILES string of the molecule is COCCOCCOCCOCCOCCOCCOCCOCCOCCOCCOCCOCCC(=O)CCCCCC(NC(=O)CCOCCOCCOCCOCCOCCOCCOCCOCCOCCOCCOCCOC)C(=O)O. The Balaban J connectivity index is 3.38. The van der Waals surface area contributed by atoms with E-state index in [1.54, 1.807) is 14.2 Å². The Bertz CT molecular complexity index is 1390. The quantitative estimate of drug-likeness (QED) is 0.0816. The molecule has 0 saturated heterocycles. The van der Waals surface area contributed by atoms with Crippen molar-refractivity contribution in [2.75, 3.05) is 318 Å². The van der Waals surface area contributed by atoms with Crippen LogP contribution in [-0.2, 0) is 128 Å². The lowest BCUT2D eigenvalue weighted by molar-refractivity contribution is -0.142. The molecule has 29 heteroatoms. The highest BCUT2D eigenvalue weighted by atomic mass is 16.6. The van der Waals surface area contributed by atoms with Crippen LogP contribution in [0.1, 0.15) is 44.9 Å². The van der Waals surface area contributed by atoms with Crippen molar-refractivity contribution in [2.24, 2.45) is 0 Å². The average Bonchev–Trinajstić information content (AvgIpc) is 3.52. The third-order valence-electron chi connectivity index (χ3n) is 11.4. The van der Waals surface area contributed by atoms with Crippen LogP contribution < -0.4 is 5.32 Å². The standard InChI is InChI=1S/C59H115NO28/c1-65-12-14-69-20-22-73-28-30-77-36-38-81-44-46-85-52-54-87-50-48-83-42-40-79-34-32-75-26-24-71-18-16-67-10-8-56(61)6-4-3-5-7-57(59(63)64)60-58(62)9-11-68-17-19-72-25-27-76-33-35-80-41-43-84-49-51-88-55-53-86-47-45-82-39-37-78-31-29-74-23-21-70-15-13-66-2/h57H,3-55H2,1-2H3,(H,60,62)(H,63,64). The zero-order valence-corrected chi connectivity index (χ0v) is 53.5. The number of ketones is 1. The largest absolute Gasteiger partial charge is 0.480 e. The molecule has 88 heavy (non-hydrogen) atoms. The molecule has 0 aliphatic rings. The van der Waals surface area contributed by atoms with E-state index in [-0.39, 0.29) is 31.8 Å². The normalized spacial score (nSPS) is 12.0. The number of amides is 1. The molecule has 0 aromatic rings. The molecule has 29 nitrogen and oxygen atoms in total. The minimum absolute atomic E-state index is 0.0230. The molecular formula is C59H115NO28. The first kappa shape index (κ1) is 85.7. The molecule has 2 N–H and O–H groups in total. The Hall–Kier alpha value is -2.35. The highest BCUT2D eigenvalue weighted by molar-refractivity contribution is 5.83. The number of ether oxygens (including phenoxy) is 24. The fourth-order valence-corrected chi connectivity index (χ4v) is 6.73. The summed E-state index contributed by atoms with van der Waals surface area (Å²) < 4.78 is 130. The maximum Gasteiger partial charge on any atom is 0.326 e. The summed E-state index contributed by atoms with van der Waals surface area (Å²) in [6, 6.07) is -1.01. The summed E-state index contributed by atoms with van der Waals surface area (Å²) in [6.45, 7) is 21.1. The molecule has 1 atom stereocenters. The van der Waals surface area contributed by atoms with E-state index in [0.717, 1.165) is 0 Å². The zero-order valence-electron chi connectivity index (χ0n) is 53.5. The molecule has 0 aliphatic carbocycles. The van der Waals surface area contributed by atoms with Gasteiger partial charge in [0.1, 0.15) is 11.8 Å². The molecule has 0 aliphatic heterocycles. The minimum atomic E-state index is -1.10. The van der Waals surface area contributed by atoms with Gasteiger partial charge in [0.2, 0.25) is 5.91 Å². The molecule has 1 unspecified atom stereocenters. The maximum atomic E-state index is 12.4. The van der Waals surface area contributed by atoms with Gasteiger partial charge in [0, 0.05) is 33.5 Å². The lowest BCUT2D eigenvalue weighted by Crippen LogP contribution is -2.41. The maximum absolute atomic E-state index is 12.4. The number of methoxy groups -OCH3 is 2. The fraction of sp³-hybridized carbons (Fsp3) is 0.949. The third kappa shape index (κ3) is 74.4. The monoisotopic (exact) mass is 1290 g/mol. The van der Waals surface area contributed by atoms with Crippen LogP contribution in [0.25, 0.3) is 0 Å². The summed E-state index contributed by atoms with van der Waals surface area (Å²) in [4.78, 5) is 36.4. The van der Waals surface area contributed by atoms with Gasteiger partial charge in [-0.1, -0.05) is 12.8 Å². The summed E-state index contributed by atoms with van der Waals surface area (Å²) in [7, 11) is 3.27. The number of carbonyl (C=O) groups excluding carboxylic acids is 2. The number of nitrogens with one attached hydrogen (secondary N) is 1. The van der Waals surface area contributed by atoms with Crippen molar-refractivity contribution in [2.45, 2.75) is 51.0 Å². The Morgan fingerprint density at radius 1 is 0.250 bits per heavy atom. The molecule has 0 spiro atoms. The predicted octanol–water partition coefficient (Wildman–Crippen LogP) is 1.51. The summed E-state index contributed by atoms with van der Waals surface area (Å²) in [5.41, 5.74) is 0. The van der Waals surface area contributed by atoms with E-state index >= 15 is 0 Å². The molecule has 0 saturated carbocycles. The van der Waals surface area contributed by atoms with Gasteiger partial charge in [-0.25, -0.2) is 4.79 Å². The Morgan fingerprint density at radius 2 is 0.443 bits per heavy atom. The Kier molecular flexibility index (Phi) is 75.0. The molecular weight excluding hydrogens is 1170 g/mol. The summed E-state index contributed by atoms with van der Waals surface area (Å²) in [5.74, 6) is -1.43. The molecule has 0 bridgehead atoms. The van der Waals surface area contributed by atoms with Gasteiger partial charge in [0.05, 0.1) is 304 Å². The predicted molar refractivity (Wildman–Crippen MR) is 319 cm³/mol. The highest BCUT2D eigenvalue weighted by Crippen LogP contribution is 2.08. The van der Waals surface area contributed by atoms with Crippen LogP contribution in [-0.4, -0.2) is 347 Å². The topological polar surface area (TPSA) is 305 Å².